The van der Waals surface area contributed by atoms with Crippen LogP contribution in [0.4, 0.5) is 0 Å². The van der Waals surface area contributed by atoms with E-state index in [0.717, 1.165) is 24.1 Å². The van der Waals surface area contributed by atoms with Crippen LogP contribution in [0.1, 0.15) is 60.5 Å². The quantitative estimate of drug-likeness (QED) is 0.707. The first kappa shape index (κ1) is 12.8. The van der Waals surface area contributed by atoms with Crippen LogP contribution in [0.25, 0.3) is 0 Å². The van der Waals surface area contributed by atoms with Gasteiger partial charge >= 0.3 is 0 Å². The highest BCUT2D eigenvalue weighted by Gasteiger charge is 2.30. The fraction of sp³-hybridized carbons (Fsp3) is 0.667. The molecule has 1 aliphatic rings. The lowest BCUT2D eigenvalue weighted by molar-refractivity contribution is 0.0825. The van der Waals surface area contributed by atoms with Gasteiger partial charge in [-0.05, 0) is 37.3 Å². The van der Waals surface area contributed by atoms with E-state index < -0.39 is 0 Å². The van der Waals surface area contributed by atoms with Crippen LogP contribution in [0.15, 0.2) is 12.1 Å². The summed E-state index contributed by atoms with van der Waals surface area (Å²) in [5.41, 5.74) is 0. The Morgan fingerprint density at radius 3 is 2.71 bits per heavy atom. The second-order valence-corrected chi connectivity index (χ2v) is 6.21. The molecule has 2 unspecified atom stereocenters. The number of thiophene rings is 1. The van der Waals surface area contributed by atoms with Crippen molar-refractivity contribution in [3.63, 3.8) is 0 Å². The second-order valence-electron chi connectivity index (χ2n) is 5.04. The van der Waals surface area contributed by atoms with Gasteiger partial charge in [0.15, 0.2) is 5.78 Å². The Kier molecular flexibility index (Phi) is 4.38. The van der Waals surface area contributed by atoms with Crippen molar-refractivity contribution in [2.24, 2.45) is 11.8 Å². The Bertz CT molecular complexity index is 380. The van der Waals surface area contributed by atoms with Crippen molar-refractivity contribution in [2.45, 2.75) is 52.4 Å². The van der Waals surface area contributed by atoms with Crippen molar-refractivity contribution in [1.29, 1.82) is 0 Å². The minimum Gasteiger partial charge on any atom is -0.293 e. The average Bonchev–Trinajstić information content (AvgIpc) is 2.86. The minimum atomic E-state index is 0.303. The van der Waals surface area contributed by atoms with Gasteiger partial charge in [0.2, 0.25) is 0 Å². The van der Waals surface area contributed by atoms with E-state index in [9.17, 15) is 4.79 Å². The predicted octanol–water partition coefficient (Wildman–Crippen LogP) is 4.71. The van der Waals surface area contributed by atoms with E-state index in [2.05, 4.69) is 19.9 Å². The average molecular weight is 250 g/mol. The molecule has 0 saturated heterocycles. The van der Waals surface area contributed by atoms with Crippen LogP contribution in [0, 0.1) is 11.8 Å². The Morgan fingerprint density at radius 2 is 2.06 bits per heavy atom. The van der Waals surface area contributed by atoms with Gasteiger partial charge in [0.25, 0.3) is 0 Å². The fourth-order valence-corrected chi connectivity index (χ4v) is 3.88. The zero-order valence-corrected chi connectivity index (χ0v) is 11.7. The summed E-state index contributed by atoms with van der Waals surface area (Å²) in [6.45, 7) is 4.37. The minimum absolute atomic E-state index is 0.303. The van der Waals surface area contributed by atoms with Crippen LogP contribution in [-0.4, -0.2) is 5.78 Å². The zero-order valence-electron chi connectivity index (χ0n) is 10.9. The molecule has 1 heterocycles. The first-order valence-corrected chi connectivity index (χ1v) is 7.70. The van der Waals surface area contributed by atoms with E-state index in [-0.39, 0.29) is 0 Å². The van der Waals surface area contributed by atoms with Gasteiger partial charge in [0, 0.05) is 10.8 Å². The molecule has 94 valence electrons. The van der Waals surface area contributed by atoms with E-state index in [4.69, 9.17) is 0 Å². The van der Waals surface area contributed by atoms with Crippen LogP contribution in [0.2, 0.25) is 0 Å². The van der Waals surface area contributed by atoms with Gasteiger partial charge in [0.05, 0.1) is 4.88 Å². The first-order valence-electron chi connectivity index (χ1n) is 6.89. The van der Waals surface area contributed by atoms with E-state index in [1.165, 1.54) is 24.1 Å². The molecular weight excluding hydrogens is 228 g/mol. The number of rotatable bonds is 4. The third kappa shape index (κ3) is 2.79. The summed E-state index contributed by atoms with van der Waals surface area (Å²) in [6.07, 6.45) is 7.10. The summed E-state index contributed by atoms with van der Waals surface area (Å²) in [5.74, 6) is 1.35. The summed E-state index contributed by atoms with van der Waals surface area (Å²) in [4.78, 5) is 14.8. The normalized spacial score (nSPS) is 24.8. The molecule has 2 heteroatoms. The third-order valence-electron chi connectivity index (χ3n) is 4.02. The molecule has 0 aliphatic heterocycles. The van der Waals surface area contributed by atoms with Crippen LogP contribution < -0.4 is 0 Å². The molecule has 0 aromatic carbocycles. The summed E-state index contributed by atoms with van der Waals surface area (Å²) in [6, 6.07) is 4.15. The van der Waals surface area contributed by atoms with Gasteiger partial charge in [-0.1, -0.05) is 33.1 Å². The lowest BCUT2D eigenvalue weighted by Gasteiger charge is -2.29. The third-order valence-corrected chi connectivity index (χ3v) is 5.27. The van der Waals surface area contributed by atoms with Crippen molar-refractivity contribution in [3.8, 4) is 0 Å². The highest BCUT2D eigenvalue weighted by molar-refractivity contribution is 7.14. The predicted molar refractivity (Wildman–Crippen MR) is 73.8 cm³/mol. The van der Waals surface area contributed by atoms with Gasteiger partial charge in [0.1, 0.15) is 0 Å². The molecule has 0 bridgehead atoms. The first-order chi connectivity index (χ1) is 8.26. The summed E-state index contributed by atoms with van der Waals surface area (Å²) >= 11 is 1.70. The lowest BCUT2D eigenvalue weighted by atomic mass is 9.75. The van der Waals surface area contributed by atoms with Crippen LogP contribution >= 0.6 is 11.3 Å². The molecule has 0 spiro atoms. The molecule has 1 aromatic rings. The highest BCUT2D eigenvalue weighted by Crippen LogP contribution is 2.35. The number of ketones is 1. The van der Waals surface area contributed by atoms with Gasteiger partial charge in [-0.25, -0.2) is 0 Å². The number of hydrogen-bond donors (Lipinski definition) is 0. The molecule has 0 radical (unpaired) electrons. The molecule has 1 nitrogen and oxygen atoms in total. The zero-order chi connectivity index (χ0) is 12.3. The highest BCUT2D eigenvalue weighted by atomic mass is 32.1. The molecular formula is C15H22OS. The Morgan fingerprint density at radius 1 is 1.29 bits per heavy atom. The molecule has 17 heavy (non-hydrogen) atoms. The van der Waals surface area contributed by atoms with Crippen molar-refractivity contribution >= 4 is 17.1 Å². The van der Waals surface area contributed by atoms with Gasteiger partial charge in [-0.15, -0.1) is 11.3 Å². The van der Waals surface area contributed by atoms with Gasteiger partial charge in [-0.3, -0.25) is 4.79 Å². The number of carbonyl (C=O) groups is 1. The molecule has 2 rings (SSSR count). The molecule has 1 aliphatic carbocycles. The van der Waals surface area contributed by atoms with Crippen LogP contribution in [0.5, 0.6) is 0 Å². The molecule has 1 saturated carbocycles. The lowest BCUT2D eigenvalue weighted by Crippen LogP contribution is -2.26. The van der Waals surface area contributed by atoms with Crippen molar-refractivity contribution in [3.05, 3.63) is 21.9 Å². The number of carbonyl (C=O) groups excluding carboxylic acids is 1. The van der Waals surface area contributed by atoms with Crippen molar-refractivity contribution in [2.75, 3.05) is 0 Å². The number of hydrogen-bond acceptors (Lipinski definition) is 2. The monoisotopic (exact) mass is 250 g/mol. The topological polar surface area (TPSA) is 17.1 Å². The fourth-order valence-electron chi connectivity index (χ4n) is 2.92. The molecule has 0 amide bonds. The smallest absolute Gasteiger partial charge is 0.176 e. The van der Waals surface area contributed by atoms with Crippen LogP contribution in [-0.2, 0) is 6.42 Å². The van der Waals surface area contributed by atoms with Gasteiger partial charge in [-0.2, -0.15) is 0 Å². The Hall–Kier alpha value is -0.630. The Balaban J connectivity index is 2.12. The summed E-state index contributed by atoms with van der Waals surface area (Å²) in [5, 5.41) is 0. The summed E-state index contributed by atoms with van der Waals surface area (Å²) < 4.78 is 0. The number of aryl methyl sites for hydroxylation is 1. The maximum Gasteiger partial charge on any atom is 0.176 e. The van der Waals surface area contributed by atoms with E-state index in [1.54, 1.807) is 11.3 Å². The molecule has 0 N–H and O–H groups in total. The summed E-state index contributed by atoms with van der Waals surface area (Å²) in [7, 11) is 0. The SMILES string of the molecule is CCc1ccc(C(=O)C2CCCCC2CC)s1. The van der Waals surface area contributed by atoms with Gasteiger partial charge < -0.3 is 0 Å². The van der Waals surface area contributed by atoms with E-state index in [1.807, 2.05) is 6.07 Å². The largest absolute Gasteiger partial charge is 0.293 e. The van der Waals surface area contributed by atoms with E-state index >= 15 is 0 Å². The second kappa shape index (κ2) is 5.81. The van der Waals surface area contributed by atoms with Crippen LogP contribution in [0.3, 0.4) is 0 Å². The maximum absolute atomic E-state index is 12.5. The molecule has 1 aromatic heterocycles. The molecule has 1 fully saturated rings. The Labute approximate surface area is 108 Å². The van der Waals surface area contributed by atoms with Crippen molar-refractivity contribution in [1.82, 2.24) is 0 Å². The molecule has 2 atom stereocenters. The van der Waals surface area contributed by atoms with E-state index in [0.29, 0.717) is 17.6 Å². The number of Topliss-reactive ketones (excluding diaryl/α,β-unsaturated/α-hetero) is 1. The van der Waals surface area contributed by atoms with Crippen molar-refractivity contribution < 1.29 is 4.79 Å². The maximum atomic E-state index is 12.5. The standard InChI is InChI=1S/C15H22OS/c1-3-11-7-5-6-8-13(11)15(16)14-10-9-12(4-2)17-14/h9-11,13H,3-8H2,1-2H3.